The van der Waals surface area contributed by atoms with E-state index in [9.17, 15) is 14.0 Å². The Hall–Kier alpha value is -2.95. The molecule has 128 valence electrons. The standard InChI is InChI=1S/C20H17FO4/c1-11(2)20(23)24-15-8-12(3)18-16(10-15)25-17(19(18)22)9-13-4-6-14(21)7-5-13/h4-11H,1-3H3/b17-9-. The van der Waals surface area contributed by atoms with Gasteiger partial charge in [0.15, 0.2) is 5.76 Å². The average Bonchev–Trinajstić information content (AvgIpc) is 2.85. The molecule has 1 aliphatic heterocycles. The molecule has 3 rings (SSSR count). The molecule has 5 heteroatoms. The molecule has 0 atom stereocenters. The molecule has 0 fully saturated rings. The number of aryl methyl sites for hydroxylation is 1. The van der Waals surface area contributed by atoms with Gasteiger partial charge in [0.05, 0.1) is 11.5 Å². The van der Waals surface area contributed by atoms with Crippen LogP contribution in [0.5, 0.6) is 11.5 Å². The number of carbonyl (C=O) groups excluding carboxylic acids is 2. The molecule has 0 aromatic heterocycles. The first kappa shape index (κ1) is 16.9. The van der Waals surface area contributed by atoms with E-state index in [0.717, 1.165) is 0 Å². The summed E-state index contributed by atoms with van der Waals surface area (Å²) >= 11 is 0. The summed E-state index contributed by atoms with van der Waals surface area (Å²) in [6.45, 7) is 5.24. The molecule has 25 heavy (non-hydrogen) atoms. The van der Waals surface area contributed by atoms with Gasteiger partial charge in [-0.1, -0.05) is 26.0 Å². The van der Waals surface area contributed by atoms with Crippen molar-refractivity contribution in [1.29, 1.82) is 0 Å². The average molecular weight is 340 g/mol. The van der Waals surface area contributed by atoms with Gasteiger partial charge in [-0.25, -0.2) is 4.39 Å². The Labute approximate surface area is 144 Å². The molecule has 2 aromatic carbocycles. The second kappa shape index (κ2) is 6.51. The van der Waals surface area contributed by atoms with Crippen LogP contribution in [0.3, 0.4) is 0 Å². The molecule has 0 radical (unpaired) electrons. The highest BCUT2D eigenvalue weighted by Gasteiger charge is 2.30. The van der Waals surface area contributed by atoms with Gasteiger partial charge in [-0.15, -0.1) is 0 Å². The molecule has 0 aliphatic carbocycles. The van der Waals surface area contributed by atoms with Crippen LogP contribution in [0.4, 0.5) is 4.39 Å². The van der Waals surface area contributed by atoms with Crippen molar-refractivity contribution in [3.8, 4) is 11.5 Å². The second-order valence-electron chi connectivity index (χ2n) is 6.18. The number of allylic oxidation sites excluding steroid dienone is 1. The van der Waals surface area contributed by atoms with Crippen molar-refractivity contribution in [1.82, 2.24) is 0 Å². The number of esters is 1. The van der Waals surface area contributed by atoms with E-state index in [1.165, 1.54) is 18.2 Å². The maximum atomic E-state index is 13.0. The summed E-state index contributed by atoms with van der Waals surface area (Å²) in [6.07, 6.45) is 1.56. The van der Waals surface area contributed by atoms with Gasteiger partial charge in [0.25, 0.3) is 0 Å². The quantitative estimate of drug-likeness (QED) is 0.475. The third kappa shape index (κ3) is 3.45. The zero-order valence-corrected chi connectivity index (χ0v) is 14.1. The number of benzene rings is 2. The first-order valence-electron chi connectivity index (χ1n) is 7.91. The minimum atomic E-state index is -0.356. The number of rotatable bonds is 3. The second-order valence-corrected chi connectivity index (χ2v) is 6.18. The smallest absolute Gasteiger partial charge is 0.313 e. The maximum absolute atomic E-state index is 13.0. The van der Waals surface area contributed by atoms with E-state index in [-0.39, 0.29) is 29.2 Å². The van der Waals surface area contributed by atoms with Gasteiger partial charge in [-0.05, 0) is 42.3 Å². The molecule has 2 aromatic rings. The van der Waals surface area contributed by atoms with E-state index in [4.69, 9.17) is 9.47 Å². The number of halogens is 1. The van der Waals surface area contributed by atoms with E-state index < -0.39 is 0 Å². The minimum absolute atomic E-state index is 0.150. The Morgan fingerprint density at radius 3 is 2.52 bits per heavy atom. The van der Waals surface area contributed by atoms with Crippen LogP contribution < -0.4 is 9.47 Å². The highest BCUT2D eigenvalue weighted by Crippen LogP contribution is 2.37. The summed E-state index contributed by atoms with van der Waals surface area (Å²) in [5.74, 6) is -0.376. The minimum Gasteiger partial charge on any atom is -0.452 e. The van der Waals surface area contributed by atoms with Gasteiger partial charge >= 0.3 is 5.97 Å². The molecular weight excluding hydrogens is 323 g/mol. The lowest BCUT2D eigenvalue weighted by Gasteiger charge is -2.09. The Kier molecular flexibility index (Phi) is 4.40. The van der Waals surface area contributed by atoms with Crippen LogP contribution >= 0.6 is 0 Å². The fraction of sp³-hybridized carbons (Fsp3) is 0.200. The summed E-state index contributed by atoms with van der Waals surface area (Å²) in [5, 5.41) is 0. The van der Waals surface area contributed by atoms with Crippen LogP contribution in [-0.4, -0.2) is 11.8 Å². The Balaban J connectivity index is 1.91. The molecule has 0 saturated carbocycles. The highest BCUT2D eigenvalue weighted by atomic mass is 19.1. The summed E-state index contributed by atoms with van der Waals surface area (Å²) in [7, 11) is 0. The largest absolute Gasteiger partial charge is 0.452 e. The molecule has 1 aliphatic rings. The third-order valence-corrected chi connectivity index (χ3v) is 3.80. The summed E-state index contributed by atoms with van der Waals surface area (Å²) in [6, 6.07) is 8.92. The van der Waals surface area contributed by atoms with Crippen LogP contribution in [0.25, 0.3) is 6.08 Å². The fourth-order valence-electron chi connectivity index (χ4n) is 2.48. The van der Waals surface area contributed by atoms with Gasteiger partial charge in [0.1, 0.15) is 17.3 Å². The zero-order chi connectivity index (χ0) is 18.1. The normalized spacial score (nSPS) is 14.6. The molecule has 4 nitrogen and oxygen atoms in total. The van der Waals surface area contributed by atoms with Gasteiger partial charge in [0.2, 0.25) is 5.78 Å². The predicted molar refractivity (Wildman–Crippen MR) is 91.0 cm³/mol. The third-order valence-electron chi connectivity index (χ3n) is 3.80. The molecule has 0 saturated heterocycles. The summed E-state index contributed by atoms with van der Waals surface area (Å²) < 4.78 is 23.9. The molecular formula is C20H17FO4. The summed E-state index contributed by atoms with van der Waals surface area (Å²) in [5.41, 5.74) is 1.76. The van der Waals surface area contributed by atoms with Crippen molar-refractivity contribution >= 4 is 17.8 Å². The van der Waals surface area contributed by atoms with E-state index in [1.807, 2.05) is 0 Å². The fourth-order valence-corrected chi connectivity index (χ4v) is 2.48. The van der Waals surface area contributed by atoms with E-state index >= 15 is 0 Å². The number of Topliss-reactive ketones (excluding diaryl/α,β-unsaturated/α-hetero) is 1. The SMILES string of the molecule is Cc1cc(OC(=O)C(C)C)cc2c1C(=O)/C(=C/c1ccc(F)cc1)O2. The lowest BCUT2D eigenvalue weighted by molar-refractivity contribution is -0.137. The van der Waals surface area contributed by atoms with Crippen molar-refractivity contribution in [2.24, 2.45) is 5.92 Å². The molecule has 0 spiro atoms. The number of ether oxygens (including phenoxy) is 2. The topological polar surface area (TPSA) is 52.6 Å². The van der Waals surface area contributed by atoms with Crippen LogP contribution in [-0.2, 0) is 4.79 Å². The van der Waals surface area contributed by atoms with Crippen molar-refractivity contribution in [2.45, 2.75) is 20.8 Å². The molecule has 0 unspecified atom stereocenters. The molecule has 0 amide bonds. The van der Waals surface area contributed by atoms with Crippen molar-refractivity contribution in [3.63, 3.8) is 0 Å². The van der Waals surface area contributed by atoms with Crippen LogP contribution in [0.2, 0.25) is 0 Å². The van der Waals surface area contributed by atoms with E-state index in [1.54, 1.807) is 45.0 Å². The molecule has 0 bridgehead atoms. The monoisotopic (exact) mass is 340 g/mol. The van der Waals surface area contributed by atoms with E-state index in [2.05, 4.69) is 0 Å². The highest BCUT2D eigenvalue weighted by molar-refractivity contribution is 6.15. The number of hydrogen-bond donors (Lipinski definition) is 0. The number of hydrogen-bond acceptors (Lipinski definition) is 4. The Morgan fingerprint density at radius 1 is 1.20 bits per heavy atom. The van der Waals surface area contributed by atoms with Gasteiger partial charge in [-0.3, -0.25) is 9.59 Å². The van der Waals surface area contributed by atoms with Crippen LogP contribution in [0, 0.1) is 18.7 Å². The maximum Gasteiger partial charge on any atom is 0.313 e. The Bertz CT molecular complexity index is 879. The van der Waals surface area contributed by atoms with Gasteiger partial charge in [-0.2, -0.15) is 0 Å². The van der Waals surface area contributed by atoms with Crippen molar-refractivity contribution < 1.29 is 23.5 Å². The first-order chi connectivity index (χ1) is 11.8. The number of fused-ring (bicyclic) bond motifs is 1. The molecule has 0 N–H and O–H groups in total. The molecule has 1 heterocycles. The van der Waals surface area contributed by atoms with Crippen molar-refractivity contribution in [3.05, 3.63) is 64.7 Å². The lowest BCUT2D eigenvalue weighted by atomic mass is 10.0. The van der Waals surface area contributed by atoms with Crippen molar-refractivity contribution in [2.75, 3.05) is 0 Å². The summed E-state index contributed by atoms with van der Waals surface area (Å²) in [4.78, 5) is 24.3. The predicted octanol–water partition coefficient (Wildman–Crippen LogP) is 4.31. The van der Waals surface area contributed by atoms with Gasteiger partial charge in [0, 0.05) is 6.07 Å². The number of ketones is 1. The first-order valence-corrected chi connectivity index (χ1v) is 7.91. The Morgan fingerprint density at radius 2 is 1.88 bits per heavy atom. The zero-order valence-electron chi connectivity index (χ0n) is 14.1. The number of carbonyl (C=O) groups is 2. The van der Waals surface area contributed by atoms with E-state index in [0.29, 0.717) is 28.2 Å². The van der Waals surface area contributed by atoms with Crippen LogP contribution in [0.15, 0.2) is 42.2 Å². The van der Waals surface area contributed by atoms with Crippen LogP contribution in [0.1, 0.15) is 35.3 Å². The lowest BCUT2D eigenvalue weighted by Crippen LogP contribution is -2.14. The van der Waals surface area contributed by atoms with Gasteiger partial charge < -0.3 is 9.47 Å².